The average Bonchev–Trinajstić information content (AvgIpc) is 3.59. The van der Waals surface area contributed by atoms with E-state index in [9.17, 15) is 18.8 Å². The molecule has 38 heavy (non-hydrogen) atoms. The van der Waals surface area contributed by atoms with Gasteiger partial charge in [0.1, 0.15) is 17.5 Å². The molecule has 3 heterocycles. The number of carbonyl (C=O) groups is 3. The molecule has 0 spiro atoms. The minimum Gasteiger partial charge on any atom is -0.444 e. The number of thiophene rings is 1. The lowest BCUT2D eigenvalue weighted by Crippen LogP contribution is -2.46. The zero-order chi connectivity index (χ0) is 27.0. The molecule has 0 N–H and O–H groups in total. The lowest BCUT2D eigenvalue weighted by molar-refractivity contribution is -0.124. The van der Waals surface area contributed by atoms with Crippen molar-refractivity contribution in [1.82, 2.24) is 4.90 Å². The zero-order valence-corrected chi connectivity index (χ0v) is 22.4. The Labute approximate surface area is 225 Å². The minimum absolute atomic E-state index is 0.0932. The number of ether oxygens (including phenoxy) is 1. The van der Waals surface area contributed by atoms with Crippen LogP contribution in [0.15, 0.2) is 66.0 Å². The smallest absolute Gasteiger partial charge is 0.410 e. The van der Waals surface area contributed by atoms with Gasteiger partial charge in [0.2, 0.25) is 5.91 Å². The summed E-state index contributed by atoms with van der Waals surface area (Å²) in [6.07, 6.45) is 0.259. The first-order valence-electron chi connectivity index (χ1n) is 12.6. The Morgan fingerprint density at radius 3 is 2.61 bits per heavy atom. The number of fused-ring (bicyclic) bond motifs is 1. The van der Waals surface area contributed by atoms with E-state index in [2.05, 4.69) is 0 Å². The number of hydrogen-bond acceptors (Lipinski definition) is 5. The third-order valence-corrected chi connectivity index (χ3v) is 7.54. The quantitative estimate of drug-likeness (QED) is 0.429. The summed E-state index contributed by atoms with van der Waals surface area (Å²) >= 11 is 1.46. The normalized spacial score (nSPS) is 19.0. The number of anilines is 2. The van der Waals surface area contributed by atoms with Gasteiger partial charge in [0.05, 0.1) is 12.5 Å². The molecule has 0 aliphatic carbocycles. The fraction of sp³-hybridized carbons (Fsp3) is 0.345. The van der Waals surface area contributed by atoms with E-state index in [1.165, 1.54) is 34.4 Å². The van der Waals surface area contributed by atoms with Crippen molar-refractivity contribution in [1.29, 1.82) is 0 Å². The van der Waals surface area contributed by atoms with E-state index < -0.39 is 23.6 Å². The molecular formula is C29H30FN3O4S. The number of benzene rings is 2. The van der Waals surface area contributed by atoms with E-state index in [1.54, 1.807) is 15.9 Å². The number of amides is 3. The van der Waals surface area contributed by atoms with Crippen LogP contribution in [0.2, 0.25) is 0 Å². The molecule has 1 fully saturated rings. The topological polar surface area (TPSA) is 70.2 Å². The fourth-order valence-electron chi connectivity index (χ4n) is 5.10. The van der Waals surface area contributed by atoms with Crippen LogP contribution in [0.25, 0.3) is 0 Å². The van der Waals surface area contributed by atoms with Crippen molar-refractivity contribution in [3.05, 3.63) is 82.3 Å². The Morgan fingerprint density at radius 1 is 1.11 bits per heavy atom. The molecule has 0 saturated carbocycles. The number of halogens is 1. The Morgan fingerprint density at radius 2 is 1.89 bits per heavy atom. The molecule has 198 valence electrons. The zero-order valence-electron chi connectivity index (χ0n) is 21.6. The van der Waals surface area contributed by atoms with Crippen molar-refractivity contribution in [3.8, 4) is 0 Å². The standard InChI is InChI=1S/C29H30FN3O4S/c1-29(2,3)37-28(36)31-14-13-21(18-31)32-24-12-5-4-11-23(24)26(27(32)35)33(20-9-6-8-19(30)16-20)25(34)17-22-10-7-15-38-22/h4-12,15-16,21,26H,13-14,17-18H2,1-3H3. The first-order chi connectivity index (χ1) is 18.1. The van der Waals surface area contributed by atoms with Crippen LogP contribution in [0.1, 0.15) is 43.7 Å². The third-order valence-electron chi connectivity index (χ3n) is 6.66. The van der Waals surface area contributed by atoms with Gasteiger partial charge in [-0.05, 0) is 62.9 Å². The average molecular weight is 536 g/mol. The highest BCUT2D eigenvalue weighted by atomic mass is 32.1. The second-order valence-corrected chi connectivity index (χ2v) is 11.6. The van der Waals surface area contributed by atoms with Crippen molar-refractivity contribution >= 4 is 40.6 Å². The molecule has 9 heteroatoms. The predicted molar refractivity (Wildman–Crippen MR) is 145 cm³/mol. The summed E-state index contributed by atoms with van der Waals surface area (Å²) in [5, 5.41) is 1.89. The third kappa shape index (κ3) is 5.15. The summed E-state index contributed by atoms with van der Waals surface area (Å²) < 4.78 is 19.9. The summed E-state index contributed by atoms with van der Waals surface area (Å²) in [5.74, 6) is -1.06. The fourth-order valence-corrected chi connectivity index (χ4v) is 5.80. The summed E-state index contributed by atoms with van der Waals surface area (Å²) in [5.41, 5.74) is 1.08. The molecule has 3 amide bonds. The second kappa shape index (κ2) is 10.2. The maximum atomic E-state index is 14.3. The Bertz CT molecular complexity index is 1350. The number of carbonyl (C=O) groups excluding carboxylic acids is 3. The Balaban J connectivity index is 1.48. The van der Waals surface area contributed by atoms with Crippen molar-refractivity contribution in [2.45, 2.75) is 51.3 Å². The monoisotopic (exact) mass is 535 g/mol. The van der Waals surface area contributed by atoms with Crippen LogP contribution >= 0.6 is 11.3 Å². The van der Waals surface area contributed by atoms with Crippen molar-refractivity contribution in [2.24, 2.45) is 0 Å². The number of para-hydroxylation sites is 1. The number of rotatable bonds is 5. The van der Waals surface area contributed by atoms with Gasteiger partial charge in [-0.3, -0.25) is 14.5 Å². The van der Waals surface area contributed by atoms with E-state index in [0.29, 0.717) is 36.4 Å². The molecule has 7 nitrogen and oxygen atoms in total. The molecule has 0 radical (unpaired) electrons. The minimum atomic E-state index is -0.948. The summed E-state index contributed by atoms with van der Waals surface area (Å²) in [7, 11) is 0. The first-order valence-corrected chi connectivity index (χ1v) is 13.5. The summed E-state index contributed by atoms with van der Waals surface area (Å²) in [6, 6.07) is 15.7. The molecule has 3 aromatic rings. The van der Waals surface area contributed by atoms with Crippen molar-refractivity contribution in [2.75, 3.05) is 22.9 Å². The number of nitrogens with zero attached hydrogens (tertiary/aromatic N) is 3. The molecule has 2 aliphatic heterocycles. The van der Waals surface area contributed by atoms with Gasteiger partial charge in [-0.15, -0.1) is 11.3 Å². The molecular weight excluding hydrogens is 505 g/mol. The van der Waals surface area contributed by atoms with Crippen LogP contribution in [0.4, 0.5) is 20.6 Å². The van der Waals surface area contributed by atoms with E-state index in [1.807, 2.05) is 62.5 Å². The van der Waals surface area contributed by atoms with E-state index >= 15 is 0 Å². The summed E-state index contributed by atoms with van der Waals surface area (Å²) in [4.78, 5) is 46.2. The highest BCUT2D eigenvalue weighted by Gasteiger charge is 2.47. The van der Waals surface area contributed by atoms with Gasteiger partial charge in [-0.25, -0.2) is 9.18 Å². The number of likely N-dealkylation sites (tertiary alicyclic amines) is 1. The van der Waals surface area contributed by atoms with E-state index in [-0.39, 0.29) is 24.3 Å². The largest absolute Gasteiger partial charge is 0.444 e. The second-order valence-electron chi connectivity index (χ2n) is 10.5. The van der Waals surface area contributed by atoms with Crippen LogP contribution in [0.5, 0.6) is 0 Å². The van der Waals surface area contributed by atoms with Gasteiger partial charge >= 0.3 is 6.09 Å². The van der Waals surface area contributed by atoms with Crippen molar-refractivity contribution < 1.29 is 23.5 Å². The van der Waals surface area contributed by atoms with Crippen LogP contribution in [-0.2, 0) is 20.7 Å². The van der Waals surface area contributed by atoms with Crippen LogP contribution in [0.3, 0.4) is 0 Å². The Hall–Kier alpha value is -3.72. The van der Waals surface area contributed by atoms with Gasteiger partial charge in [-0.2, -0.15) is 0 Å². The van der Waals surface area contributed by atoms with Crippen LogP contribution in [0, 0.1) is 5.82 Å². The maximum absolute atomic E-state index is 14.3. The highest BCUT2D eigenvalue weighted by molar-refractivity contribution is 7.10. The highest BCUT2D eigenvalue weighted by Crippen LogP contribution is 2.43. The van der Waals surface area contributed by atoms with E-state index in [0.717, 1.165) is 4.88 Å². The molecule has 5 rings (SSSR count). The first kappa shape index (κ1) is 25.9. The van der Waals surface area contributed by atoms with Crippen LogP contribution in [-0.4, -0.2) is 47.5 Å². The maximum Gasteiger partial charge on any atom is 0.410 e. The number of hydrogen-bond donors (Lipinski definition) is 0. The molecule has 2 unspecified atom stereocenters. The molecule has 2 aliphatic rings. The SMILES string of the molecule is CC(C)(C)OC(=O)N1CCC(N2C(=O)C(N(C(=O)Cc3cccs3)c3cccc(F)c3)c3ccccc32)C1. The summed E-state index contributed by atoms with van der Waals surface area (Å²) in [6.45, 7) is 6.23. The molecule has 1 aromatic heterocycles. The van der Waals surface area contributed by atoms with Crippen LogP contribution < -0.4 is 9.80 Å². The van der Waals surface area contributed by atoms with Gasteiger partial charge in [0.25, 0.3) is 5.91 Å². The molecule has 1 saturated heterocycles. The lowest BCUT2D eigenvalue weighted by Gasteiger charge is -2.30. The van der Waals surface area contributed by atoms with E-state index in [4.69, 9.17) is 4.74 Å². The molecule has 2 aromatic carbocycles. The Kier molecular flexibility index (Phi) is 6.96. The van der Waals surface area contributed by atoms with Gasteiger partial charge < -0.3 is 14.5 Å². The molecule has 0 bridgehead atoms. The van der Waals surface area contributed by atoms with Gasteiger partial charge in [0.15, 0.2) is 0 Å². The van der Waals surface area contributed by atoms with Gasteiger partial charge in [0, 0.05) is 34.9 Å². The van der Waals surface area contributed by atoms with Gasteiger partial charge in [-0.1, -0.05) is 30.3 Å². The molecule has 2 atom stereocenters. The lowest BCUT2D eigenvalue weighted by atomic mass is 10.0. The predicted octanol–water partition coefficient (Wildman–Crippen LogP) is 5.56. The van der Waals surface area contributed by atoms with Crippen molar-refractivity contribution in [3.63, 3.8) is 0 Å².